The van der Waals surface area contributed by atoms with E-state index in [-0.39, 0.29) is 30.3 Å². The van der Waals surface area contributed by atoms with Crippen LogP contribution in [0.4, 0.5) is 0 Å². The van der Waals surface area contributed by atoms with Crippen molar-refractivity contribution in [1.82, 2.24) is 16.0 Å². The largest absolute Gasteiger partial charge is 0.508 e. The first-order chi connectivity index (χ1) is 16.8. The molecule has 0 aromatic heterocycles. The molecule has 0 bridgehead atoms. The number of phenolic OH excluding ortho intramolecular Hbond substituents is 1. The van der Waals surface area contributed by atoms with Gasteiger partial charge in [0.25, 0.3) is 0 Å². The lowest BCUT2D eigenvalue weighted by Gasteiger charge is -2.24. The van der Waals surface area contributed by atoms with E-state index in [0.29, 0.717) is 12.0 Å². The summed E-state index contributed by atoms with van der Waals surface area (Å²) in [4.78, 5) is 60.7. The van der Waals surface area contributed by atoms with Crippen LogP contribution >= 0.6 is 12.6 Å². The van der Waals surface area contributed by atoms with Gasteiger partial charge in [-0.2, -0.15) is 12.6 Å². The number of aromatic hydroxyl groups is 1. The van der Waals surface area contributed by atoms with Gasteiger partial charge < -0.3 is 37.0 Å². The lowest BCUT2D eigenvalue weighted by atomic mass is 10.0. The molecule has 8 N–H and O–H groups in total. The minimum Gasteiger partial charge on any atom is -0.508 e. The summed E-state index contributed by atoms with van der Waals surface area (Å²) in [6, 6.07) is 0.981. The number of carbonyl (C=O) groups is 5. The Kier molecular flexibility index (Phi) is 12.7. The monoisotopic (exact) mass is 526 g/mol. The van der Waals surface area contributed by atoms with E-state index < -0.39 is 60.2 Å². The Labute approximate surface area is 214 Å². The zero-order valence-electron chi connectivity index (χ0n) is 20.1. The number of hydrogen-bond donors (Lipinski definition) is 8. The topological polar surface area (TPSA) is 208 Å². The standard InChI is InChI=1S/C23H34N4O8S/c1-12(2)9-15(24)20(31)25-16(7-8-19(29)30)21(32)27-18(11-36)22(33)26-17(23(34)35)10-13-3-5-14(28)6-4-13/h3-6,12,15-18,28,36H,7-11,24H2,1-2H3,(H,25,31)(H,26,33)(H,27,32)(H,29,30)(H,34,35). The van der Waals surface area contributed by atoms with Gasteiger partial charge in [0.05, 0.1) is 6.04 Å². The van der Waals surface area contributed by atoms with Crippen molar-refractivity contribution in [3.63, 3.8) is 0 Å². The molecule has 4 atom stereocenters. The summed E-state index contributed by atoms with van der Waals surface area (Å²) in [5.41, 5.74) is 6.39. The van der Waals surface area contributed by atoms with Gasteiger partial charge in [-0.15, -0.1) is 0 Å². The van der Waals surface area contributed by atoms with Crippen molar-refractivity contribution in [3.05, 3.63) is 29.8 Å². The fraction of sp³-hybridized carbons (Fsp3) is 0.522. The molecular weight excluding hydrogens is 492 g/mol. The van der Waals surface area contributed by atoms with Crippen molar-refractivity contribution in [2.75, 3.05) is 5.75 Å². The van der Waals surface area contributed by atoms with Crippen LogP contribution in [0.1, 0.15) is 38.7 Å². The summed E-state index contributed by atoms with van der Waals surface area (Å²) in [5.74, 6) is -4.89. The van der Waals surface area contributed by atoms with Crippen LogP contribution in [-0.4, -0.2) is 74.9 Å². The average Bonchev–Trinajstić information content (AvgIpc) is 2.79. The maximum atomic E-state index is 12.8. The number of aliphatic carboxylic acids is 2. The highest BCUT2D eigenvalue weighted by molar-refractivity contribution is 7.80. The van der Waals surface area contributed by atoms with Gasteiger partial charge in [0.1, 0.15) is 23.9 Å². The first-order valence-electron chi connectivity index (χ1n) is 11.3. The number of carbonyl (C=O) groups excluding carboxylic acids is 3. The average molecular weight is 527 g/mol. The third-order valence-corrected chi connectivity index (χ3v) is 5.51. The molecule has 0 radical (unpaired) electrons. The minimum atomic E-state index is -1.34. The Morgan fingerprint density at radius 2 is 1.42 bits per heavy atom. The van der Waals surface area contributed by atoms with Crippen LogP contribution in [0.5, 0.6) is 5.75 Å². The number of phenols is 1. The third kappa shape index (κ3) is 11.0. The third-order valence-electron chi connectivity index (χ3n) is 5.15. The van der Waals surface area contributed by atoms with Crippen LogP contribution < -0.4 is 21.7 Å². The normalized spacial score (nSPS) is 14.2. The molecule has 0 aliphatic carbocycles. The maximum Gasteiger partial charge on any atom is 0.326 e. The molecule has 0 aliphatic rings. The number of carboxylic acid groups (broad SMARTS) is 2. The summed E-state index contributed by atoms with van der Waals surface area (Å²) in [6.07, 6.45) is -0.415. The van der Waals surface area contributed by atoms with Gasteiger partial charge in [-0.25, -0.2) is 4.79 Å². The molecule has 0 saturated heterocycles. The van der Waals surface area contributed by atoms with Crippen LogP contribution in [-0.2, 0) is 30.4 Å². The predicted octanol–water partition coefficient (Wildman–Crippen LogP) is -0.358. The van der Waals surface area contributed by atoms with Crippen molar-refractivity contribution >= 4 is 42.3 Å². The van der Waals surface area contributed by atoms with E-state index >= 15 is 0 Å². The Hall–Kier alpha value is -3.32. The van der Waals surface area contributed by atoms with Gasteiger partial charge in [-0.05, 0) is 36.5 Å². The van der Waals surface area contributed by atoms with Crippen molar-refractivity contribution in [2.45, 2.75) is 63.7 Å². The Morgan fingerprint density at radius 3 is 1.92 bits per heavy atom. The van der Waals surface area contributed by atoms with Crippen LogP contribution in [0, 0.1) is 5.92 Å². The molecule has 36 heavy (non-hydrogen) atoms. The highest BCUT2D eigenvalue weighted by atomic mass is 32.1. The minimum absolute atomic E-state index is 0.00205. The summed E-state index contributed by atoms with van der Waals surface area (Å²) in [6.45, 7) is 3.73. The van der Waals surface area contributed by atoms with Crippen LogP contribution in [0.25, 0.3) is 0 Å². The summed E-state index contributed by atoms with van der Waals surface area (Å²) in [7, 11) is 0. The molecule has 0 spiro atoms. The van der Waals surface area contributed by atoms with E-state index in [1.54, 1.807) is 0 Å². The molecule has 1 aromatic carbocycles. The van der Waals surface area contributed by atoms with Crippen LogP contribution in [0.2, 0.25) is 0 Å². The van der Waals surface area contributed by atoms with E-state index in [1.165, 1.54) is 24.3 Å². The molecule has 1 rings (SSSR count). The lowest BCUT2D eigenvalue weighted by Crippen LogP contribution is -2.58. The molecule has 13 heteroatoms. The number of hydrogen-bond acceptors (Lipinski definition) is 8. The second-order valence-corrected chi connectivity index (χ2v) is 9.11. The van der Waals surface area contributed by atoms with Crippen LogP contribution in [0.3, 0.4) is 0 Å². The van der Waals surface area contributed by atoms with Crippen molar-refractivity contribution < 1.29 is 39.3 Å². The van der Waals surface area contributed by atoms with Crippen LogP contribution in [0.15, 0.2) is 24.3 Å². The first kappa shape index (κ1) is 30.7. The number of nitrogens with two attached hydrogens (primary N) is 1. The SMILES string of the molecule is CC(C)CC(N)C(=O)NC(CCC(=O)O)C(=O)NC(CS)C(=O)NC(Cc1ccc(O)cc1)C(=O)O. The van der Waals surface area contributed by atoms with E-state index in [9.17, 15) is 34.2 Å². The van der Waals surface area contributed by atoms with E-state index in [4.69, 9.17) is 10.8 Å². The summed E-state index contributed by atoms with van der Waals surface area (Å²) < 4.78 is 0. The fourth-order valence-corrected chi connectivity index (χ4v) is 3.49. The number of thiol groups is 1. The number of amides is 3. The smallest absolute Gasteiger partial charge is 0.326 e. The van der Waals surface area contributed by atoms with E-state index in [2.05, 4.69) is 28.6 Å². The van der Waals surface area contributed by atoms with Crippen molar-refractivity contribution in [1.29, 1.82) is 0 Å². The second kappa shape index (κ2) is 14.9. The number of carboxylic acids is 2. The summed E-state index contributed by atoms with van der Waals surface area (Å²) >= 11 is 4.06. The van der Waals surface area contributed by atoms with Gasteiger partial charge in [0.2, 0.25) is 17.7 Å². The molecular formula is C23H34N4O8S. The molecule has 0 aliphatic heterocycles. The lowest BCUT2D eigenvalue weighted by molar-refractivity contribution is -0.142. The summed E-state index contributed by atoms with van der Waals surface area (Å²) in [5, 5.41) is 35.0. The zero-order valence-corrected chi connectivity index (χ0v) is 21.0. The van der Waals surface area contributed by atoms with Gasteiger partial charge in [0, 0.05) is 18.6 Å². The van der Waals surface area contributed by atoms with Gasteiger partial charge in [-0.1, -0.05) is 26.0 Å². The van der Waals surface area contributed by atoms with Gasteiger partial charge in [0.15, 0.2) is 0 Å². The van der Waals surface area contributed by atoms with E-state index in [1.807, 2.05) is 13.8 Å². The Balaban J connectivity index is 2.90. The van der Waals surface area contributed by atoms with Gasteiger partial charge >= 0.3 is 11.9 Å². The number of nitrogens with one attached hydrogen (secondary N) is 3. The van der Waals surface area contributed by atoms with Gasteiger partial charge in [-0.3, -0.25) is 19.2 Å². The van der Waals surface area contributed by atoms with Crippen molar-refractivity contribution in [3.8, 4) is 5.75 Å². The highest BCUT2D eigenvalue weighted by Gasteiger charge is 2.30. The predicted molar refractivity (Wildman–Crippen MR) is 133 cm³/mol. The number of benzene rings is 1. The molecule has 0 fully saturated rings. The number of rotatable bonds is 15. The quantitative estimate of drug-likeness (QED) is 0.140. The Morgan fingerprint density at radius 1 is 0.889 bits per heavy atom. The first-order valence-corrected chi connectivity index (χ1v) is 12.0. The second-order valence-electron chi connectivity index (χ2n) is 8.74. The highest BCUT2D eigenvalue weighted by Crippen LogP contribution is 2.12. The molecule has 3 amide bonds. The molecule has 0 saturated carbocycles. The molecule has 200 valence electrons. The molecule has 12 nitrogen and oxygen atoms in total. The Bertz CT molecular complexity index is 925. The zero-order chi connectivity index (χ0) is 27.4. The van der Waals surface area contributed by atoms with Crippen molar-refractivity contribution in [2.24, 2.45) is 11.7 Å². The molecule has 1 aromatic rings. The molecule has 4 unspecified atom stereocenters. The molecule has 0 heterocycles. The fourth-order valence-electron chi connectivity index (χ4n) is 3.24. The maximum absolute atomic E-state index is 12.8. The van der Waals surface area contributed by atoms with E-state index in [0.717, 1.165) is 0 Å².